The molecule has 5 nitrogen and oxygen atoms in total. The van der Waals surface area contributed by atoms with Crippen LogP contribution in [-0.2, 0) is 4.79 Å². The van der Waals surface area contributed by atoms with Crippen molar-refractivity contribution in [2.45, 2.75) is 31.7 Å². The lowest BCUT2D eigenvalue weighted by atomic mass is 10.0. The topological polar surface area (TPSA) is 61.4 Å². The van der Waals surface area contributed by atoms with Gasteiger partial charge in [0.15, 0.2) is 0 Å². The summed E-state index contributed by atoms with van der Waals surface area (Å²) < 4.78 is 0. The van der Waals surface area contributed by atoms with Crippen LogP contribution in [-0.4, -0.2) is 42.9 Å². The molecule has 0 aromatic heterocycles. The van der Waals surface area contributed by atoms with Gasteiger partial charge < -0.3 is 15.5 Å². The van der Waals surface area contributed by atoms with E-state index < -0.39 is 0 Å². The number of piperidine rings is 1. The van der Waals surface area contributed by atoms with Crippen LogP contribution in [0, 0.1) is 5.92 Å². The van der Waals surface area contributed by atoms with Crippen molar-refractivity contribution >= 4 is 29.9 Å². The van der Waals surface area contributed by atoms with Crippen LogP contribution >= 0.6 is 12.4 Å². The van der Waals surface area contributed by atoms with Gasteiger partial charge in [-0.15, -0.1) is 12.4 Å². The number of carbonyl (C=O) groups is 2. The molecule has 2 N–H and O–H groups in total. The molecule has 2 amide bonds. The fraction of sp³-hybridized carbons (Fsp3) is 0.529. The van der Waals surface area contributed by atoms with Gasteiger partial charge in [-0.2, -0.15) is 0 Å². The molecule has 2 aliphatic rings. The Balaban J connectivity index is 0.00000192. The fourth-order valence-electron chi connectivity index (χ4n) is 2.85. The number of nitrogens with zero attached hydrogens (tertiary/aromatic N) is 1. The Hall–Kier alpha value is -1.59. The largest absolute Gasteiger partial charge is 0.339 e. The molecule has 1 aliphatic carbocycles. The van der Waals surface area contributed by atoms with Crippen molar-refractivity contribution in [1.29, 1.82) is 0 Å². The molecule has 6 heteroatoms. The Kier molecular flexibility index (Phi) is 6.02. The lowest BCUT2D eigenvalue weighted by molar-refractivity contribution is -0.117. The van der Waals surface area contributed by atoms with E-state index in [0.717, 1.165) is 44.5 Å². The van der Waals surface area contributed by atoms with E-state index in [1.54, 1.807) is 12.1 Å². The number of rotatable bonds is 4. The summed E-state index contributed by atoms with van der Waals surface area (Å²) in [5, 5.41) is 6.20. The highest BCUT2D eigenvalue weighted by atomic mass is 35.5. The average Bonchev–Trinajstić information content (AvgIpc) is 3.40. The zero-order valence-corrected chi connectivity index (χ0v) is 14.2. The van der Waals surface area contributed by atoms with Crippen LogP contribution in [0.25, 0.3) is 0 Å². The summed E-state index contributed by atoms with van der Waals surface area (Å²) in [5.41, 5.74) is 1.43. The van der Waals surface area contributed by atoms with E-state index in [1.807, 2.05) is 24.1 Å². The van der Waals surface area contributed by atoms with E-state index >= 15 is 0 Å². The van der Waals surface area contributed by atoms with Gasteiger partial charge in [-0.3, -0.25) is 9.59 Å². The minimum absolute atomic E-state index is 0. The predicted octanol–water partition coefficient (Wildman–Crippen LogP) is 2.28. The molecule has 23 heavy (non-hydrogen) atoms. The monoisotopic (exact) mass is 337 g/mol. The second-order valence-corrected chi connectivity index (χ2v) is 6.24. The van der Waals surface area contributed by atoms with Crippen molar-refractivity contribution in [1.82, 2.24) is 10.2 Å². The third kappa shape index (κ3) is 4.45. The molecule has 0 bridgehead atoms. The van der Waals surface area contributed by atoms with Gasteiger partial charge in [-0.1, -0.05) is 0 Å². The number of nitrogens with one attached hydrogen (secondary N) is 2. The predicted molar refractivity (Wildman–Crippen MR) is 93.0 cm³/mol. The lowest BCUT2D eigenvalue weighted by Gasteiger charge is -2.31. The van der Waals surface area contributed by atoms with Crippen LogP contribution in [0.3, 0.4) is 0 Å². The molecule has 1 aliphatic heterocycles. The number of carbonyl (C=O) groups excluding carboxylic acids is 2. The van der Waals surface area contributed by atoms with E-state index in [1.165, 1.54) is 0 Å². The first-order valence-electron chi connectivity index (χ1n) is 8.04. The highest BCUT2D eigenvalue weighted by Gasteiger charge is 2.29. The summed E-state index contributed by atoms with van der Waals surface area (Å²) in [6.45, 7) is 1.93. The summed E-state index contributed by atoms with van der Waals surface area (Å²) in [6, 6.07) is 7.52. The van der Waals surface area contributed by atoms with E-state index in [2.05, 4.69) is 10.6 Å². The summed E-state index contributed by atoms with van der Waals surface area (Å²) in [7, 11) is 1.88. The Bertz CT molecular complexity index is 551. The highest BCUT2D eigenvalue weighted by molar-refractivity contribution is 5.96. The minimum atomic E-state index is 0. The average molecular weight is 338 g/mol. The maximum absolute atomic E-state index is 12.5. The van der Waals surface area contributed by atoms with Crippen LogP contribution in [0.2, 0.25) is 0 Å². The van der Waals surface area contributed by atoms with E-state index in [0.29, 0.717) is 11.6 Å². The molecule has 1 aromatic rings. The second kappa shape index (κ2) is 7.79. The molecule has 1 aromatic carbocycles. The van der Waals surface area contributed by atoms with Gasteiger partial charge in [0.1, 0.15) is 0 Å². The van der Waals surface area contributed by atoms with E-state index in [4.69, 9.17) is 0 Å². The molecule has 3 rings (SSSR count). The Morgan fingerprint density at radius 1 is 1.09 bits per heavy atom. The Labute approximate surface area is 143 Å². The molecule has 1 heterocycles. The smallest absolute Gasteiger partial charge is 0.253 e. The Morgan fingerprint density at radius 2 is 1.70 bits per heavy atom. The van der Waals surface area contributed by atoms with Crippen molar-refractivity contribution < 1.29 is 9.59 Å². The van der Waals surface area contributed by atoms with Crippen LogP contribution in [0.5, 0.6) is 0 Å². The summed E-state index contributed by atoms with van der Waals surface area (Å²) in [6.07, 6.45) is 3.97. The number of anilines is 1. The molecule has 2 fully saturated rings. The van der Waals surface area contributed by atoms with Gasteiger partial charge in [-0.05, 0) is 63.0 Å². The molecule has 0 unspecified atom stereocenters. The number of hydrogen-bond donors (Lipinski definition) is 2. The van der Waals surface area contributed by atoms with Crippen molar-refractivity contribution in [2.75, 3.05) is 25.5 Å². The molecule has 1 saturated carbocycles. The van der Waals surface area contributed by atoms with Crippen LogP contribution < -0.4 is 10.6 Å². The lowest BCUT2D eigenvalue weighted by Crippen LogP contribution is -2.43. The summed E-state index contributed by atoms with van der Waals surface area (Å²) in [4.78, 5) is 26.1. The van der Waals surface area contributed by atoms with Crippen LogP contribution in [0.1, 0.15) is 36.0 Å². The summed E-state index contributed by atoms with van der Waals surface area (Å²) >= 11 is 0. The first kappa shape index (κ1) is 17.8. The Morgan fingerprint density at radius 3 is 2.26 bits per heavy atom. The van der Waals surface area contributed by atoms with Gasteiger partial charge >= 0.3 is 0 Å². The number of benzene rings is 1. The molecule has 0 spiro atoms. The highest BCUT2D eigenvalue weighted by Crippen LogP contribution is 2.30. The first-order valence-corrected chi connectivity index (χ1v) is 8.04. The zero-order chi connectivity index (χ0) is 15.5. The molecule has 126 valence electrons. The quantitative estimate of drug-likeness (QED) is 0.886. The minimum Gasteiger partial charge on any atom is -0.339 e. The third-order valence-corrected chi connectivity index (χ3v) is 4.52. The van der Waals surface area contributed by atoms with E-state index in [-0.39, 0.29) is 30.1 Å². The number of amides is 2. The second-order valence-electron chi connectivity index (χ2n) is 6.24. The SMILES string of the molecule is CN(C(=O)c1ccc(NC(=O)C2CC2)cc1)C1CCNCC1.Cl. The maximum atomic E-state index is 12.5. The van der Waals surface area contributed by atoms with E-state index in [9.17, 15) is 9.59 Å². The number of hydrogen-bond acceptors (Lipinski definition) is 3. The normalized spacial score (nSPS) is 18.0. The molecule has 1 saturated heterocycles. The van der Waals surface area contributed by atoms with Gasteiger partial charge in [0.25, 0.3) is 5.91 Å². The van der Waals surface area contributed by atoms with Gasteiger partial charge in [0.05, 0.1) is 0 Å². The summed E-state index contributed by atoms with van der Waals surface area (Å²) in [5.74, 6) is 0.324. The van der Waals surface area contributed by atoms with Crippen molar-refractivity contribution in [2.24, 2.45) is 5.92 Å². The van der Waals surface area contributed by atoms with Gasteiger partial charge in [-0.25, -0.2) is 0 Å². The van der Waals surface area contributed by atoms with Crippen molar-refractivity contribution in [3.63, 3.8) is 0 Å². The molecular formula is C17H24ClN3O2. The zero-order valence-electron chi connectivity index (χ0n) is 13.4. The molecular weight excluding hydrogens is 314 g/mol. The molecule has 0 atom stereocenters. The standard InChI is InChI=1S/C17H23N3O2.ClH/c1-20(15-8-10-18-11-9-15)17(22)13-4-6-14(7-5-13)19-16(21)12-2-3-12;/h4-7,12,15,18H,2-3,8-11H2,1H3,(H,19,21);1H. The number of halogens is 1. The van der Waals surface area contributed by atoms with Gasteiger partial charge in [0, 0.05) is 30.3 Å². The van der Waals surface area contributed by atoms with Crippen LogP contribution in [0.4, 0.5) is 5.69 Å². The third-order valence-electron chi connectivity index (χ3n) is 4.52. The van der Waals surface area contributed by atoms with Crippen LogP contribution in [0.15, 0.2) is 24.3 Å². The van der Waals surface area contributed by atoms with Gasteiger partial charge in [0.2, 0.25) is 5.91 Å². The van der Waals surface area contributed by atoms with Crippen molar-refractivity contribution in [3.05, 3.63) is 29.8 Å². The van der Waals surface area contributed by atoms with Crippen molar-refractivity contribution in [3.8, 4) is 0 Å². The first-order chi connectivity index (χ1) is 10.6. The molecule has 0 radical (unpaired) electrons. The fourth-order valence-corrected chi connectivity index (χ4v) is 2.85. The maximum Gasteiger partial charge on any atom is 0.253 e.